The topological polar surface area (TPSA) is 95.9 Å². The Bertz CT molecular complexity index is 1000. The first-order chi connectivity index (χ1) is 13.2. The minimum atomic E-state index is -4.52. The lowest BCUT2D eigenvalue weighted by atomic mass is 10.2. The molecule has 3 aromatic heterocycles. The zero-order valence-corrected chi connectivity index (χ0v) is 13.7. The first kappa shape index (κ1) is 19.4. The van der Waals surface area contributed by atoms with Gasteiger partial charge < -0.3 is 9.26 Å². The smallest absolute Gasteiger partial charge is 0.422 e. The van der Waals surface area contributed by atoms with E-state index in [1.54, 1.807) is 0 Å². The van der Waals surface area contributed by atoms with E-state index in [0.29, 0.717) is 5.56 Å². The van der Waals surface area contributed by atoms with E-state index in [0.717, 1.165) is 10.7 Å². The van der Waals surface area contributed by atoms with E-state index in [9.17, 15) is 26.7 Å². The molecule has 148 valence electrons. The van der Waals surface area contributed by atoms with Gasteiger partial charge in [0.05, 0.1) is 5.69 Å². The Kier molecular flexibility index (Phi) is 5.33. The van der Waals surface area contributed by atoms with Gasteiger partial charge in [-0.15, -0.1) is 0 Å². The standard InChI is InChI=1S/C15H10F5N5O3/c16-13(17)11-3-9(28-24-11)6-25-12(26)2-1-10(23-25)8-4-21-14(22-5-8)27-7-15(18,19)20/h1-5,13H,6-7H2. The van der Waals surface area contributed by atoms with Crippen LogP contribution in [-0.4, -0.2) is 37.7 Å². The summed E-state index contributed by atoms with van der Waals surface area (Å²) in [5.74, 6) is -0.00537. The van der Waals surface area contributed by atoms with Crippen LogP contribution >= 0.6 is 0 Å². The summed E-state index contributed by atoms with van der Waals surface area (Å²) in [5, 5.41) is 7.22. The Morgan fingerprint density at radius 3 is 2.50 bits per heavy atom. The van der Waals surface area contributed by atoms with Crippen molar-refractivity contribution < 1.29 is 31.2 Å². The molecule has 0 aliphatic carbocycles. The van der Waals surface area contributed by atoms with Crippen LogP contribution in [0.5, 0.6) is 6.01 Å². The van der Waals surface area contributed by atoms with Gasteiger partial charge in [-0.2, -0.15) is 18.3 Å². The molecule has 28 heavy (non-hydrogen) atoms. The van der Waals surface area contributed by atoms with Gasteiger partial charge in [-0.05, 0) is 6.07 Å². The molecule has 0 bridgehead atoms. The number of aromatic nitrogens is 5. The van der Waals surface area contributed by atoms with Crippen LogP contribution in [0.3, 0.4) is 0 Å². The monoisotopic (exact) mass is 403 g/mol. The van der Waals surface area contributed by atoms with Crippen LogP contribution in [0, 0.1) is 0 Å². The summed E-state index contributed by atoms with van der Waals surface area (Å²) in [6.07, 6.45) is -5.01. The van der Waals surface area contributed by atoms with Gasteiger partial charge >= 0.3 is 12.2 Å². The molecule has 0 aromatic carbocycles. The van der Waals surface area contributed by atoms with Crippen molar-refractivity contribution in [2.75, 3.05) is 6.61 Å². The summed E-state index contributed by atoms with van der Waals surface area (Å²) in [5.41, 5.74) is -0.596. The third-order valence-corrected chi connectivity index (χ3v) is 3.26. The highest BCUT2D eigenvalue weighted by atomic mass is 19.4. The molecule has 3 heterocycles. The molecule has 0 aliphatic rings. The van der Waals surface area contributed by atoms with Gasteiger partial charge in [-0.1, -0.05) is 5.16 Å². The van der Waals surface area contributed by atoms with Crippen molar-refractivity contribution in [3.63, 3.8) is 0 Å². The lowest BCUT2D eigenvalue weighted by Gasteiger charge is -2.08. The molecule has 0 saturated carbocycles. The summed E-state index contributed by atoms with van der Waals surface area (Å²) in [7, 11) is 0. The molecular formula is C15H10F5N5O3. The maximum absolute atomic E-state index is 12.5. The first-order valence-electron chi connectivity index (χ1n) is 7.55. The Labute approximate surface area is 152 Å². The van der Waals surface area contributed by atoms with E-state index in [4.69, 9.17) is 4.52 Å². The zero-order valence-electron chi connectivity index (χ0n) is 13.7. The van der Waals surface area contributed by atoms with Crippen molar-refractivity contribution >= 4 is 0 Å². The van der Waals surface area contributed by atoms with Crippen LogP contribution in [0.1, 0.15) is 17.9 Å². The minimum absolute atomic E-state index is 0.00537. The quantitative estimate of drug-likeness (QED) is 0.584. The summed E-state index contributed by atoms with van der Waals surface area (Å²) in [6, 6.07) is 3.04. The van der Waals surface area contributed by atoms with Gasteiger partial charge in [0.1, 0.15) is 12.2 Å². The average molecular weight is 403 g/mol. The number of alkyl halides is 5. The number of ether oxygens (including phenoxy) is 1. The van der Waals surface area contributed by atoms with Crippen molar-refractivity contribution in [1.82, 2.24) is 24.9 Å². The van der Waals surface area contributed by atoms with Gasteiger partial charge in [0.25, 0.3) is 12.0 Å². The van der Waals surface area contributed by atoms with E-state index in [-0.39, 0.29) is 18.0 Å². The molecule has 13 heteroatoms. The van der Waals surface area contributed by atoms with Crippen molar-refractivity contribution in [3.8, 4) is 17.3 Å². The van der Waals surface area contributed by atoms with Crippen LogP contribution < -0.4 is 10.3 Å². The molecule has 0 aliphatic heterocycles. The number of halogens is 5. The highest BCUT2D eigenvalue weighted by Gasteiger charge is 2.29. The summed E-state index contributed by atoms with van der Waals surface area (Å²) in [4.78, 5) is 19.2. The highest BCUT2D eigenvalue weighted by Crippen LogP contribution is 2.20. The third-order valence-electron chi connectivity index (χ3n) is 3.26. The number of hydrogen-bond acceptors (Lipinski definition) is 7. The van der Waals surface area contributed by atoms with Crippen molar-refractivity contribution in [3.05, 3.63) is 52.4 Å². The Hall–Kier alpha value is -3.38. The molecule has 0 fully saturated rings. The maximum atomic E-state index is 12.5. The summed E-state index contributed by atoms with van der Waals surface area (Å²) in [6.45, 7) is -1.78. The lowest BCUT2D eigenvalue weighted by molar-refractivity contribution is -0.154. The second-order valence-corrected chi connectivity index (χ2v) is 5.39. The van der Waals surface area contributed by atoms with E-state index < -0.39 is 36.5 Å². The molecule has 0 unspecified atom stereocenters. The second kappa shape index (κ2) is 7.70. The molecule has 0 radical (unpaired) electrons. The second-order valence-electron chi connectivity index (χ2n) is 5.39. The number of hydrogen-bond donors (Lipinski definition) is 0. The molecule has 0 N–H and O–H groups in total. The van der Waals surface area contributed by atoms with E-state index in [1.165, 1.54) is 24.5 Å². The van der Waals surface area contributed by atoms with Crippen LogP contribution in [0.2, 0.25) is 0 Å². The fourth-order valence-electron chi connectivity index (χ4n) is 2.04. The fraction of sp³-hybridized carbons (Fsp3) is 0.267. The van der Waals surface area contributed by atoms with Gasteiger partial charge in [0.2, 0.25) is 0 Å². The van der Waals surface area contributed by atoms with Crippen LogP contribution in [0.4, 0.5) is 22.0 Å². The zero-order chi connectivity index (χ0) is 20.3. The van der Waals surface area contributed by atoms with Crippen LogP contribution in [0.25, 0.3) is 11.3 Å². The maximum Gasteiger partial charge on any atom is 0.422 e. The van der Waals surface area contributed by atoms with E-state index >= 15 is 0 Å². The Morgan fingerprint density at radius 2 is 1.89 bits per heavy atom. The summed E-state index contributed by atoms with van der Waals surface area (Å²) >= 11 is 0. The van der Waals surface area contributed by atoms with E-state index in [2.05, 4.69) is 25.0 Å². The number of rotatable bonds is 6. The molecule has 0 atom stereocenters. The van der Waals surface area contributed by atoms with Crippen LogP contribution in [-0.2, 0) is 6.54 Å². The van der Waals surface area contributed by atoms with Gasteiger partial charge in [-0.25, -0.2) is 23.4 Å². The largest absolute Gasteiger partial charge is 0.454 e. The van der Waals surface area contributed by atoms with Crippen molar-refractivity contribution in [2.24, 2.45) is 0 Å². The predicted octanol–water partition coefficient (Wildman–Crippen LogP) is 2.62. The third kappa shape index (κ3) is 4.86. The SMILES string of the molecule is O=c1ccc(-c2cnc(OCC(F)(F)F)nc2)nn1Cc1cc(C(F)F)no1. The predicted molar refractivity (Wildman–Crippen MR) is 81.6 cm³/mol. The molecule has 0 saturated heterocycles. The molecular weight excluding hydrogens is 393 g/mol. The lowest BCUT2D eigenvalue weighted by Crippen LogP contribution is -2.22. The molecule has 0 spiro atoms. The molecule has 3 rings (SSSR count). The minimum Gasteiger partial charge on any atom is -0.454 e. The summed E-state index contributed by atoms with van der Waals surface area (Å²) < 4.78 is 71.5. The highest BCUT2D eigenvalue weighted by molar-refractivity contribution is 5.55. The van der Waals surface area contributed by atoms with E-state index in [1.807, 2.05) is 0 Å². The Balaban J connectivity index is 1.77. The van der Waals surface area contributed by atoms with Gasteiger partial charge in [-0.3, -0.25) is 4.79 Å². The Morgan fingerprint density at radius 1 is 1.18 bits per heavy atom. The molecule has 3 aromatic rings. The van der Waals surface area contributed by atoms with Crippen molar-refractivity contribution in [1.29, 1.82) is 0 Å². The number of nitrogens with zero attached hydrogens (tertiary/aromatic N) is 5. The first-order valence-corrected chi connectivity index (χ1v) is 7.55. The average Bonchev–Trinajstić information content (AvgIpc) is 3.11. The van der Waals surface area contributed by atoms with Crippen LogP contribution in [0.15, 0.2) is 39.9 Å². The van der Waals surface area contributed by atoms with Gasteiger partial charge in [0.15, 0.2) is 12.4 Å². The fourth-order valence-corrected chi connectivity index (χ4v) is 2.04. The van der Waals surface area contributed by atoms with Crippen molar-refractivity contribution in [2.45, 2.75) is 19.1 Å². The normalized spacial score (nSPS) is 11.8. The molecule has 8 nitrogen and oxygen atoms in total. The molecule has 0 amide bonds. The van der Waals surface area contributed by atoms with Gasteiger partial charge in [0, 0.05) is 30.1 Å².